The van der Waals surface area contributed by atoms with Gasteiger partial charge in [0, 0.05) is 0 Å². The maximum Gasteiger partial charge on any atom is 0.341 e. The highest BCUT2D eigenvalue weighted by atomic mass is 35.5. The number of hydrogen-bond donors (Lipinski definition) is 1. The molecule has 5 nitrogen and oxygen atoms in total. The van der Waals surface area contributed by atoms with E-state index in [1.807, 2.05) is 0 Å². The number of carboxylic acid groups (broad SMARTS) is 1. The first-order chi connectivity index (χ1) is 7.15. The first-order valence-corrected chi connectivity index (χ1v) is 4.33. The summed E-state index contributed by atoms with van der Waals surface area (Å²) in [7, 11) is 0. The standard InChI is InChI=1S/C9H5ClO5/c10-5-1-4(2-11)7-8(15-3-14-7)6(5)9(12)13/h1-2H,3H2,(H,12,13). The minimum atomic E-state index is -1.22. The van der Waals surface area contributed by atoms with Crippen molar-refractivity contribution in [2.75, 3.05) is 6.79 Å². The highest BCUT2D eigenvalue weighted by molar-refractivity contribution is 6.34. The summed E-state index contributed by atoms with van der Waals surface area (Å²) < 4.78 is 9.96. The molecule has 0 aromatic heterocycles. The second-order valence-electron chi connectivity index (χ2n) is 2.81. The van der Waals surface area contributed by atoms with E-state index in [4.69, 9.17) is 26.2 Å². The van der Waals surface area contributed by atoms with Gasteiger partial charge in [-0.3, -0.25) is 4.79 Å². The summed E-state index contributed by atoms with van der Waals surface area (Å²) in [6, 6.07) is 1.24. The monoisotopic (exact) mass is 228 g/mol. The number of rotatable bonds is 2. The fraction of sp³-hybridized carbons (Fsp3) is 0.111. The molecule has 6 heteroatoms. The zero-order chi connectivity index (χ0) is 11.0. The van der Waals surface area contributed by atoms with Gasteiger partial charge in [-0.15, -0.1) is 0 Å². The van der Waals surface area contributed by atoms with Crippen molar-refractivity contribution in [1.82, 2.24) is 0 Å². The summed E-state index contributed by atoms with van der Waals surface area (Å²) in [6.07, 6.45) is 0.533. The van der Waals surface area contributed by atoms with Crippen molar-refractivity contribution in [1.29, 1.82) is 0 Å². The van der Waals surface area contributed by atoms with E-state index in [-0.39, 0.29) is 34.4 Å². The van der Waals surface area contributed by atoms with E-state index in [9.17, 15) is 9.59 Å². The van der Waals surface area contributed by atoms with Crippen LogP contribution in [0.1, 0.15) is 20.7 Å². The third-order valence-electron chi connectivity index (χ3n) is 1.96. The van der Waals surface area contributed by atoms with Gasteiger partial charge >= 0.3 is 5.97 Å². The number of aromatic carboxylic acids is 1. The molecule has 78 valence electrons. The summed E-state index contributed by atoms with van der Waals surface area (Å²) in [5, 5.41) is 8.84. The molecule has 0 unspecified atom stereocenters. The molecule has 0 amide bonds. The van der Waals surface area contributed by atoms with E-state index in [0.717, 1.165) is 0 Å². The number of ether oxygens (including phenoxy) is 2. The van der Waals surface area contributed by atoms with E-state index in [2.05, 4.69) is 0 Å². The van der Waals surface area contributed by atoms with Gasteiger partial charge in [-0.2, -0.15) is 0 Å². The van der Waals surface area contributed by atoms with Gasteiger partial charge in [0.2, 0.25) is 6.79 Å². The van der Waals surface area contributed by atoms with Crippen LogP contribution in [0.2, 0.25) is 5.02 Å². The average Bonchev–Trinajstić information content (AvgIpc) is 2.63. The lowest BCUT2D eigenvalue weighted by molar-refractivity contribution is 0.0692. The summed E-state index contributed by atoms with van der Waals surface area (Å²) in [5.74, 6) is -1.08. The first-order valence-electron chi connectivity index (χ1n) is 3.95. The van der Waals surface area contributed by atoms with Gasteiger partial charge in [0.1, 0.15) is 5.56 Å². The summed E-state index contributed by atoms with van der Waals surface area (Å²) >= 11 is 5.71. The van der Waals surface area contributed by atoms with Crippen LogP contribution in [0.3, 0.4) is 0 Å². The van der Waals surface area contributed by atoms with Crippen LogP contribution in [-0.4, -0.2) is 24.2 Å². The van der Waals surface area contributed by atoms with E-state index >= 15 is 0 Å². The molecule has 0 fully saturated rings. The Labute approximate surface area is 89.2 Å². The number of aldehydes is 1. The highest BCUT2D eigenvalue weighted by Gasteiger charge is 2.28. The molecule has 0 radical (unpaired) electrons. The number of benzene rings is 1. The van der Waals surface area contributed by atoms with Crippen LogP contribution < -0.4 is 9.47 Å². The lowest BCUT2D eigenvalue weighted by Gasteiger charge is -2.05. The number of hydrogen-bond acceptors (Lipinski definition) is 4. The molecule has 1 aliphatic heterocycles. The Morgan fingerprint density at radius 1 is 1.47 bits per heavy atom. The average molecular weight is 229 g/mol. The van der Waals surface area contributed by atoms with Gasteiger partial charge in [0.05, 0.1) is 10.6 Å². The van der Waals surface area contributed by atoms with Gasteiger partial charge in [-0.1, -0.05) is 11.6 Å². The van der Waals surface area contributed by atoms with Crippen molar-refractivity contribution in [2.24, 2.45) is 0 Å². The van der Waals surface area contributed by atoms with Gasteiger partial charge < -0.3 is 14.6 Å². The number of carbonyl (C=O) groups is 2. The van der Waals surface area contributed by atoms with Crippen LogP contribution in [0.5, 0.6) is 11.5 Å². The molecule has 1 N–H and O–H groups in total. The quantitative estimate of drug-likeness (QED) is 0.778. The van der Waals surface area contributed by atoms with E-state index in [0.29, 0.717) is 6.29 Å². The molecule has 0 spiro atoms. The second kappa shape index (κ2) is 3.43. The van der Waals surface area contributed by atoms with Crippen LogP contribution in [0.15, 0.2) is 6.07 Å². The molecular weight excluding hydrogens is 224 g/mol. The minimum absolute atomic E-state index is 0.0112. The summed E-state index contributed by atoms with van der Waals surface area (Å²) in [6.45, 7) is -0.114. The molecule has 0 saturated carbocycles. The van der Waals surface area contributed by atoms with Crippen LogP contribution >= 0.6 is 11.6 Å². The largest absolute Gasteiger partial charge is 0.477 e. The van der Waals surface area contributed by atoms with Gasteiger partial charge in [-0.05, 0) is 6.07 Å². The van der Waals surface area contributed by atoms with Gasteiger partial charge in [0.15, 0.2) is 17.8 Å². The van der Waals surface area contributed by atoms with Crippen molar-refractivity contribution in [3.8, 4) is 11.5 Å². The molecule has 15 heavy (non-hydrogen) atoms. The molecule has 0 atom stereocenters. The van der Waals surface area contributed by atoms with E-state index < -0.39 is 5.97 Å². The van der Waals surface area contributed by atoms with E-state index in [1.165, 1.54) is 6.07 Å². The Morgan fingerprint density at radius 2 is 2.13 bits per heavy atom. The first kappa shape index (κ1) is 9.79. The van der Waals surface area contributed by atoms with Crippen molar-refractivity contribution in [3.63, 3.8) is 0 Å². The lowest BCUT2D eigenvalue weighted by Crippen LogP contribution is -2.01. The Morgan fingerprint density at radius 3 is 2.73 bits per heavy atom. The smallest absolute Gasteiger partial charge is 0.341 e. The summed E-state index contributed by atoms with van der Waals surface area (Å²) in [5.41, 5.74) is -0.00716. The fourth-order valence-corrected chi connectivity index (χ4v) is 1.63. The minimum Gasteiger partial charge on any atom is -0.477 e. The Kier molecular flexibility index (Phi) is 2.24. The number of fused-ring (bicyclic) bond motifs is 1. The Bertz CT molecular complexity index is 454. The number of carbonyl (C=O) groups excluding carboxylic acids is 1. The van der Waals surface area contributed by atoms with Crippen LogP contribution in [0, 0.1) is 0 Å². The zero-order valence-corrected chi connectivity index (χ0v) is 8.08. The summed E-state index contributed by atoms with van der Waals surface area (Å²) in [4.78, 5) is 21.5. The molecule has 0 bridgehead atoms. The van der Waals surface area contributed by atoms with Crippen LogP contribution in [-0.2, 0) is 0 Å². The topological polar surface area (TPSA) is 72.8 Å². The van der Waals surface area contributed by atoms with Crippen molar-refractivity contribution in [2.45, 2.75) is 0 Å². The van der Waals surface area contributed by atoms with Crippen molar-refractivity contribution in [3.05, 3.63) is 22.2 Å². The molecule has 0 aliphatic carbocycles. The third-order valence-corrected chi connectivity index (χ3v) is 2.26. The molecule has 1 aliphatic rings. The van der Waals surface area contributed by atoms with Gasteiger partial charge in [0.25, 0.3) is 0 Å². The van der Waals surface area contributed by atoms with Crippen molar-refractivity contribution < 1.29 is 24.2 Å². The Hall–Kier alpha value is -1.75. The maximum absolute atomic E-state index is 10.9. The zero-order valence-electron chi connectivity index (χ0n) is 7.32. The predicted octanol–water partition coefficient (Wildman–Crippen LogP) is 1.58. The maximum atomic E-state index is 10.9. The van der Waals surface area contributed by atoms with Gasteiger partial charge in [-0.25, -0.2) is 4.79 Å². The van der Waals surface area contributed by atoms with Crippen molar-refractivity contribution >= 4 is 23.9 Å². The number of halogens is 1. The SMILES string of the molecule is O=Cc1cc(Cl)c(C(=O)O)c2c1OCO2. The second-order valence-corrected chi connectivity index (χ2v) is 3.22. The molecule has 0 saturated heterocycles. The lowest BCUT2D eigenvalue weighted by atomic mass is 10.1. The van der Waals surface area contributed by atoms with Crippen LogP contribution in [0.4, 0.5) is 0 Å². The molecule has 2 rings (SSSR count). The number of carboxylic acids is 1. The molecule has 1 aromatic carbocycles. The Balaban J connectivity index is 2.74. The highest BCUT2D eigenvalue weighted by Crippen LogP contribution is 2.41. The molecule has 1 aromatic rings. The van der Waals surface area contributed by atoms with E-state index in [1.54, 1.807) is 0 Å². The predicted molar refractivity (Wildman–Crippen MR) is 49.9 cm³/mol. The van der Waals surface area contributed by atoms with Crippen LogP contribution in [0.25, 0.3) is 0 Å². The molecular formula is C9H5ClO5. The third kappa shape index (κ3) is 1.41. The normalized spacial score (nSPS) is 12.6. The molecule has 1 heterocycles. The fourth-order valence-electron chi connectivity index (χ4n) is 1.35.